The lowest BCUT2D eigenvalue weighted by molar-refractivity contribution is -0.137. The van der Waals surface area contributed by atoms with Crippen molar-refractivity contribution in [1.82, 2.24) is 9.78 Å². The van der Waals surface area contributed by atoms with E-state index < -0.39 is 25.6 Å². The second kappa shape index (κ2) is 6.46. The van der Waals surface area contributed by atoms with Crippen LogP contribution in [0.5, 0.6) is 0 Å². The predicted molar refractivity (Wildman–Crippen MR) is 56.3 cm³/mol. The van der Waals surface area contributed by atoms with Gasteiger partial charge in [0.05, 0.1) is 17.5 Å². The van der Waals surface area contributed by atoms with Crippen LogP contribution in [0.1, 0.15) is 12.1 Å². The number of rotatable bonds is 6. The summed E-state index contributed by atoms with van der Waals surface area (Å²) in [6, 6.07) is 0. The Bertz CT molecular complexity index is 380. The molecule has 0 N–H and O–H groups in total. The van der Waals surface area contributed by atoms with E-state index in [0.29, 0.717) is 4.47 Å². The molecule has 3 nitrogen and oxygen atoms in total. The van der Waals surface area contributed by atoms with E-state index >= 15 is 0 Å². The van der Waals surface area contributed by atoms with E-state index in [1.165, 1.54) is 6.20 Å². The summed E-state index contributed by atoms with van der Waals surface area (Å²) in [6.07, 6.45) is -6.49. The predicted octanol–water partition coefficient (Wildman–Crippen LogP) is 3.38. The van der Waals surface area contributed by atoms with Crippen LogP contribution in [0.3, 0.4) is 0 Å². The fourth-order valence-electron chi connectivity index (χ4n) is 1.14. The first kappa shape index (κ1) is 15.4. The minimum absolute atomic E-state index is 0.177. The van der Waals surface area contributed by atoms with Crippen LogP contribution >= 0.6 is 15.9 Å². The largest absolute Gasteiger partial charge is 0.390 e. The normalized spacial score (nSPS) is 12.4. The Balaban J connectivity index is 2.48. The van der Waals surface area contributed by atoms with E-state index in [0.717, 1.165) is 4.68 Å². The van der Waals surface area contributed by atoms with Crippen molar-refractivity contribution >= 4 is 15.9 Å². The number of hydrogen-bond donors (Lipinski definition) is 0. The monoisotopic (exact) mass is 336 g/mol. The minimum atomic E-state index is -4.26. The summed E-state index contributed by atoms with van der Waals surface area (Å²) in [5.74, 6) is 0. The van der Waals surface area contributed by atoms with Gasteiger partial charge in [0.1, 0.15) is 12.3 Å². The van der Waals surface area contributed by atoms with E-state index in [-0.39, 0.29) is 18.8 Å². The Morgan fingerprint density at radius 2 is 2.06 bits per heavy atom. The Morgan fingerprint density at radius 1 is 1.39 bits per heavy atom. The van der Waals surface area contributed by atoms with Gasteiger partial charge in [-0.2, -0.15) is 18.3 Å². The number of nitrogens with zero attached hydrogens (tertiary/aromatic N) is 2. The summed E-state index contributed by atoms with van der Waals surface area (Å²) in [4.78, 5) is 0. The summed E-state index contributed by atoms with van der Waals surface area (Å²) in [7, 11) is 0. The fraction of sp³-hybridized carbons (Fsp3) is 0.667. The van der Waals surface area contributed by atoms with Gasteiger partial charge in [-0.25, -0.2) is 8.78 Å². The van der Waals surface area contributed by atoms with E-state index in [1.807, 2.05) is 0 Å². The SMILES string of the molecule is FC(F)COCc1nn(CCC(F)(F)F)cc1Br. The topological polar surface area (TPSA) is 27.1 Å². The maximum absolute atomic E-state index is 12.0. The maximum atomic E-state index is 12.0. The van der Waals surface area contributed by atoms with Crippen LogP contribution in [0.15, 0.2) is 10.7 Å². The van der Waals surface area contributed by atoms with Crippen molar-refractivity contribution in [1.29, 1.82) is 0 Å². The molecule has 0 aromatic carbocycles. The molecule has 18 heavy (non-hydrogen) atoms. The third kappa shape index (κ3) is 5.76. The molecule has 1 heterocycles. The van der Waals surface area contributed by atoms with Crippen LogP contribution in [0.4, 0.5) is 22.0 Å². The second-order valence-corrected chi connectivity index (χ2v) is 4.31. The van der Waals surface area contributed by atoms with Crippen molar-refractivity contribution < 1.29 is 26.7 Å². The average Bonchev–Trinajstić information content (AvgIpc) is 2.55. The quantitative estimate of drug-likeness (QED) is 0.744. The van der Waals surface area contributed by atoms with E-state index in [2.05, 4.69) is 25.8 Å². The summed E-state index contributed by atoms with van der Waals surface area (Å²) in [5.41, 5.74) is 0.290. The number of alkyl halides is 5. The Kier molecular flexibility index (Phi) is 5.51. The summed E-state index contributed by atoms with van der Waals surface area (Å²) in [5, 5.41) is 3.81. The maximum Gasteiger partial charge on any atom is 0.390 e. The van der Waals surface area contributed by atoms with Gasteiger partial charge in [-0.15, -0.1) is 0 Å². The molecule has 0 aliphatic rings. The molecule has 0 atom stereocenters. The summed E-state index contributed by atoms with van der Waals surface area (Å²) >= 11 is 3.07. The minimum Gasteiger partial charge on any atom is -0.369 e. The van der Waals surface area contributed by atoms with E-state index in [9.17, 15) is 22.0 Å². The highest BCUT2D eigenvalue weighted by molar-refractivity contribution is 9.10. The highest BCUT2D eigenvalue weighted by atomic mass is 79.9. The zero-order valence-corrected chi connectivity index (χ0v) is 10.6. The molecule has 0 aliphatic carbocycles. The number of ether oxygens (including phenoxy) is 1. The number of aromatic nitrogens is 2. The molecule has 1 aromatic heterocycles. The summed E-state index contributed by atoms with van der Waals surface area (Å²) < 4.78 is 65.7. The molecular formula is C9H10BrF5N2O. The van der Waals surface area contributed by atoms with Crippen LogP contribution in [-0.4, -0.2) is 29.0 Å². The zero-order valence-electron chi connectivity index (χ0n) is 9.05. The molecule has 9 heteroatoms. The molecule has 0 amide bonds. The van der Waals surface area contributed by atoms with Crippen LogP contribution in [0.25, 0.3) is 0 Å². The highest BCUT2D eigenvalue weighted by Gasteiger charge is 2.27. The van der Waals surface area contributed by atoms with Crippen molar-refractivity contribution in [2.24, 2.45) is 0 Å². The van der Waals surface area contributed by atoms with Crippen molar-refractivity contribution in [2.75, 3.05) is 6.61 Å². The van der Waals surface area contributed by atoms with Crippen molar-refractivity contribution in [3.63, 3.8) is 0 Å². The molecule has 0 unspecified atom stereocenters. The zero-order chi connectivity index (χ0) is 13.8. The average molecular weight is 337 g/mol. The van der Waals surface area contributed by atoms with Gasteiger partial charge in [-0.05, 0) is 15.9 Å². The van der Waals surface area contributed by atoms with Gasteiger partial charge in [0.25, 0.3) is 6.43 Å². The smallest absolute Gasteiger partial charge is 0.369 e. The van der Waals surface area contributed by atoms with Gasteiger partial charge in [0.2, 0.25) is 0 Å². The Hall–Kier alpha value is -0.700. The standard InChI is InChI=1S/C9H10BrF5N2O/c10-6-3-17(2-1-9(13,14)15)16-7(6)4-18-5-8(11)12/h3,8H,1-2,4-5H2. The highest BCUT2D eigenvalue weighted by Crippen LogP contribution is 2.22. The van der Waals surface area contributed by atoms with Crippen LogP contribution in [-0.2, 0) is 17.9 Å². The van der Waals surface area contributed by atoms with Crippen LogP contribution < -0.4 is 0 Å². The molecule has 0 radical (unpaired) electrons. The van der Waals surface area contributed by atoms with Crippen LogP contribution in [0, 0.1) is 0 Å². The first-order chi connectivity index (χ1) is 8.28. The van der Waals surface area contributed by atoms with E-state index in [4.69, 9.17) is 0 Å². The Morgan fingerprint density at radius 3 is 2.61 bits per heavy atom. The van der Waals surface area contributed by atoms with Crippen molar-refractivity contribution in [3.05, 3.63) is 16.4 Å². The van der Waals surface area contributed by atoms with Gasteiger partial charge in [-0.1, -0.05) is 0 Å². The second-order valence-electron chi connectivity index (χ2n) is 3.46. The lowest BCUT2D eigenvalue weighted by Crippen LogP contribution is -2.12. The van der Waals surface area contributed by atoms with Crippen molar-refractivity contribution in [2.45, 2.75) is 32.2 Å². The lowest BCUT2D eigenvalue weighted by Gasteiger charge is -2.05. The molecule has 0 bridgehead atoms. The number of aryl methyl sites for hydroxylation is 1. The Labute approximate surface area is 108 Å². The number of halogens is 6. The molecular weight excluding hydrogens is 327 g/mol. The lowest BCUT2D eigenvalue weighted by atomic mass is 10.4. The van der Waals surface area contributed by atoms with Gasteiger partial charge < -0.3 is 4.74 Å². The van der Waals surface area contributed by atoms with Gasteiger partial charge in [0.15, 0.2) is 0 Å². The molecule has 1 rings (SSSR count). The number of hydrogen-bond acceptors (Lipinski definition) is 2. The third-order valence-corrected chi connectivity index (χ3v) is 2.56. The third-order valence-electron chi connectivity index (χ3n) is 1.89. The molecule has 0 aliphatic heterocycles. The first-order valence-corrected chi connectivity index (χ1v) is 5.71. The molecule has 0 spiro atoms. The van der Waals surface area contributed by atoms with Gasteiger partial charge in [-0.3, -0.25) is 4.68 Å². The summed E-state index contributed by atoms with van der Waals surface area (Å²) in [6.45, 7) is -1.23. The molecule has 0 saturated heterocycles. The molecule has 0 saturated carbocycles. The van der Waals surface area contributed by atoms with E-state index in [1.54, 1.807) is 0 Å². The molecule has 0 fully saturated rings. The first-order valence-electron chi connectivity index (χ1n) is 4.92. The van der Waals surface area contributed by atoms with Crippen LogP contribution in [0.2, 0.25) is 0 Å². The molecule has 104 valence electrons. The van der Waals surface area contributed by atoms with Gasteiger partial charge >= 0.3 is 6.18 Å². The fourth-order valence-corrected chi connectivity index (χ4v) is 1.57. The van der Waals surface area contributed by atoms with Gasteiger partial charge in [0, 0.05) is 12.7 Å². The molecule has 1 aromatic rings. The van der Waals surface area contributed by atoms with Crippen molar-refractivity contribution in [3.8, 4) is 0 Å².